The molecule has 0 bridgehead atoms. The van der Waals surface area contributed by atoms with Crippen LogP contribution in [0.25, 0.3) is 16.5 Å². The van der Waals surface area contributed by atoms with E-state index < -0.39 is 17.3 Å². The molecule has 0 saturated carbocycles. The Morgan fingerprint density at radius 3 is 2.65 bits per heavy atom. The van der Waals surface area contributed by atoms with Crippen molar-refractivity contribution < 1.29 is 14.3 Å². The first-order valence-electron chi connectivity index (χ1n) is 6.91. The van der Waals surface area contributed by atoms with Crippen LogP contribution in [0.3, 0.4) is 0 Å². The monoisotopic (exact) mass is 312 g/mol. The quantitative estimate of drug-likeness (QED) is 0.790. The van der Waals surface area contributed by atoms with Crippen LogP contribution in [0.4, 0.5) is 4.39 Å². The molecule has 0 amide bonds. The highest BCUT2D eigenvalue weighted by atomic mass is 19.1. The van der Waals surface area contributed by atoms with E-state index in [4.69, 9.17) is 0 Å². The molecular weight excluding hydrogens is 299 g/mol. The minimum absolute atomic E-state index is 0.0943. The molecule has 0 saturated heterocycles. The Bertz CT molecular complexity index is 1010. The van der Waals surface area contributed by atoms with E-state index in [9.17, 15) is 19.1 Å². The lowest BCUT2D eigenvalue weighted by Gasteiger charge is -2.15. The van der Waals surface area contributed by atoms with Gasteiger partial charge in [0.2, 0.25) is 0 Å². The molecule has 0 aliphatic carbocycles. The summed E-state index contributed by atoms with van der Waals surface area (Å²) in [4.78, 5) is 28.4. The first-order valence-corrected chi connectivity index (χ1v) is 6.91. The molecule has 3 aromatic rings. The van der Waals surface area contributed by atoms with Crippen molar-refractivity contribution >= 4 is 16.7 Å². The molecule has 3 rings (SSSR count). The number of benzene rings is 1. The fraction of sp³-hybridized carbons (Fsp3) is 0.118. The molecule has 2 aromatic heterocycles. The number of carbonyl (C=O) groups is 1. The predicted octanol–water partition coefficient (Wildman–Crippen LogP) is 2.84. The SMILES string of the molecule is Cc1cncc(-n2c(C)c(C(=O)O)c3cccc(F)c3c2=O)c1. The minimum atomic E-state index is -1.22. The molecule has 0 atom stereocenters. The van der Waals surface area contributed by atoms with Crippen LogP contribution in [0.15, 0.2) is 41.5 Å². The fourth-order valence-corrected chi connectivity index (χ4v) is 2.76. The number of halogens is 1. The van der Waals surface area contributed by atoms with Gasteiger partial charge >= 0.3 is 5.97 Å². The molecule has 1 N–H and O–H groups in total. The number of hydrogen-bond donors (Lipinski definition) is 1. The maximum atomic E-state index is 14.2. The number of rotatable bonds is 2. The van der Waals surface area contributed by atoms with Gasteiger partial charge in [-0.15, -0.1) is 0 Å². The lowest BCUT2D eigenvalue weighted by atomic mass is 10.0. The molecule has 0 unspecified atom stereocenters. The van der Waals surface area contributed by atoms with Crippen molar-refractivity contribution in [2.45, 2.75) is 13.8 Å². The second-order valence-electron chi connectivity index (χ2n) is 5.29. The van der Waals surface area contributed by atoms with Gasteiger partial charge in [0.15, 0.2) is 0 Å². The highest BCUT2D eigenvalue weighted by molar-refractivity contribution is 6.04. The van der Waals surface area contributed by atoms with Gasteiger partial charge in [0.05, 0.1) is 22.8 Å². The summed E-state index contributed by atoms with van der Waals surface area (Å²) < 4.78 is 15.4. The summed E-state index contributed by atoms with van der Waals surface area (Å²) >= 11 is 0. The first kappa shape index (κ1) is 14.9. The van der Waals surface area contributed by atoms with Gasteiger partial charge in [-0.2, -0.15) is 0 Å². The number of carboxylic acids is 1. The summed E-state index contributed by atoms with van der Waals surface area (Å²) in [5.41, 5.74) is 0.737. The van der Waals surface area contributed by atoms with Crippen LogP contribution in [-0.4, -0.2) is 20.6 Å². The number of hydrogen-bond acceptors (Lipinski definition) is 3. The average Bonchev–Trinajstić information content (AvgIpc) is 2.46. The van der Waals surface area contributed by atoms with Crippen LogP contribution in [0.2, 0.25) is 0 Å². The number of carboxylic acid groups (broad SMARTS) is 1. The number of aromatic nitrogens is 2. The maximum absolute atomic E-state index is 14.2. The van der Waals surface area contributed by atoms with Gasteiger partial charge in [-0.05, 0) is 31.5 Å². The Morgan fingerprint density at radius 1 is 1.26 bits per heavy atom. The maximum Gasteiger partial charge on any atom is 0.338 e. The highest BCUT2D eigenvalue weighted by Gasteiger charge is 2.21. The molecule has 0 spiro atoms. The molecule has 116 valence electrons. The van der Waals surface area contributed by atoms with E-state index in [1.165, 1.54) is 29.8 Å². The van der Waals surface area contributed by atoms with Crippen LogP contribution >= 0.6 is 0 Å². The zero-order valence-corrected chi connectivity index (χ0v) is 12.5. The average molecular weight is 312 g/mol. The van der Waals surface area contributed by atoms with E-state index >= 15 is 0 Å². The van der Waals surface area contributed by atoms with Crippen molar-refractivity contribution in [2.24, 2.45) is 0 Å². The van der Waals surface area contributed by atoms with Gasteiger partial charge in [-0.3, -0.25) is 14.3 Å². The summed E-state index contributed by atoms with van der Waals surface area (Å²) in [6, 6.07) is 5.67. The number of aryl methyl sites for hydroxylation is 1. The van der Waals surface area contributed by atoms with E-state index in [-0.39, 0.29) is 22.0 Å². The van der Waals surface area contributed by atoms with Crippen molar-refractivity contribution in [3.8, 4) is 5.69 Å². The molecule has 0 aliphatic rings. The molecule has 0 radical (unpaired) electrons. The molecular formula is C17H13FN2O3. The van der Waals surface area contributed by atoms with E-state index in [1.54, 1.807) is 19.2 Å². The van der Waals surface area contributed by atoms with Crippen molar-refractivity contribution in [1.82, 2.24) is 9.55 Å². The van der Waals surface area contributed by atoms with Crippen molar-refractivity contribution in [2.75, 3.05) is 0 Å². The van der Waals surface area contributed by atoms with Crippen LogP contribution in [0.1, 0.15) is 21.6 Å². The summed E-state index contributed by atoms with van der Waals surface area (Å²) in [6.45, 7) is 3.33. The Hall–Kier alpha value is -3.02. The lowest BCUT2D eigenvalue weighted by molar-refractivity contribution is 0.0697. The van der Waals surface area contributed by atoms with E-state index in [0.717, 1.165) is 11.6 Å². The third kappa shape index (κ3) is 2.28. The second kappa shape index (κ2) is 5.31. The van der Waals surface area contributed by atoms with Crippen LogP contribution in [0, 0.1) is 19.7 Å². The molecule has 6 heteroatoms. The van der Waals surface area contributed by atoms with Crippen LogP contribution < -0.4 is 5.56 Å². The van der Waals surface area contributed by atoms with Gasteiger partial charge in [0, 0.05) is 17.3 Å². The van der Waals surface area contributed by atoms with Gasteiger partial charge in [-0.25, -0.2) is 9.18 Å². The Kier molecular flexibility index (Phi) is 3.44. The third-order valence-corrected chi connectivity index (χ3v) is 3.73. The highest BCUT2D eigenvalue weighted by Crippen LogP contribution is 2.23. The number of pyridine rings is 2. The fourth-order valence-electron chi connectivity index (χ4n) is 2.76. The zero-order chi connectivity index (χ0) is 16.7. The summed E-state index contributed by atoms with van der Waals surface area (Å²) in [5.74, 6) is -1.96. The topological polar surface area (TPSA) is 72.2 Å². The Balaban J connectivity index is 2.56. The molecule has 0 fully saturated rings. The number of nitrogens with zero attached hydrogens (tertiary/aromatic N) is 2. The smallest absolute Gasteiger partial charge is 0.338 e. The molecule has 23 heavy (non-hydrogen) atoms. The van der Waals surface area contributed by atoms with Crippen molar-refractivity contribution in [3.63, 3.8) is 0 Å². The van der Waals surface area contributed by atoms with Crippen LogP contribution in [0.5, 0.6) is 0 Å². The van der Waals surface area contributed by atoms with E-state index in [0.29, 0.717) is 5.69 Å². The van der Waals surface area contributed by atoms with Gasteiger partial charge < -0.3 is 5.11 Å². The predicted molar refractivity (Wildman–Crippen MR) is 83.7 cm³/mol. The Labute approximate surface area is 130 Å². The van der Waals surface area contributed by atoms with Gasteiger partial charge in [0.1, 0.15) is 5.82 Å². The zero-order valence-electron chi connectivity index (χ0n) is 12.5. The van der Waals surface area contributed by atoms with Gasteiger partial charge in [0.25, 0.3) is 5.56 Å². The normalized spacial score (nSPS) is 10.9. The largest absolute Gasteiger partial charge is 0.478 e. The summed E-state index contributed by atoms with van der Waals surface area (Å²) in [5, 5.41) is 9.37. The lowest BCUT2D eigenvalue weighted by Crippen LogP contribution is -2.25. The van der Waals surface area contributed by atoms with Gasteiger partial charge in [-0.1, -0.05) is 12.1 Å². The molecule has 5 nitrogen and oxygen atoms in total. The molecule has 1 aromatic carbocycles. The first-order chi connectivity index (χ1) is 10.9. The van der Waals surface area contributed by atoms with E-state index in [2.05, 4.69) is 4.98 Å². The standard InChI is InChI=1S/C17H13FN2O3/c1-9-6-11(8-19-7-9)20-10(2)14(17(22)23)12-4-3-5-13(18)15(12)16(20)21/h3-8H,1-2H3,(H,22,23). The van der Waals surface area contributed by atoms with Crippen LogP contribution in [-0.2, 0) is 0 Å². The number of fused-ring (bicyclic) bond motifs is 1. The number of aromatic carboxylic acids is 1. The summed E-state index contributed by atoms with van der Waals surface area (Å²) in [6.07, 6.45) is 3.06. The molecule has 0 aliphatic heterocycles. The summed E-state index contributed by atoms with van der Waals surface area (Å²) in [7, 11) is 0. The van der Waals surface area contributed by atoms with E-state index in [1.807, 2.05) is 0 Å². The molecule has 2 heterocycles. The van der Waals surface area contributed by atoms with Crippen molar-refractivity contribution in [1.29, 1.82) is 0 Å². The third-order valence-electron chi connectivity index (χ3n) is 3.73. The van der Waals surface area contributed by atoms with Crippen molar-refractivity contribution in [3.05, 3.63) is 69.7 Å². The Morgan fingerprint density at radius 2 is 2.00 bits per heavy atom. The second-order valence-corrected chi connectivity index (χ2v) is 5.29. The minimum Gasteiger partial charge on any atom is -0.478 e.